The normalized spacial score (nSPS) is 25.2. The van der Waals surface area contributed by atoms with E-state index >= 15 is 0 Å². The lowest BCUT2D eigenvalue weighted by molar-refractivity contribution is -0.332. The number of ether oxygens (including phenoxy) is 6. The predicted molar refractivity (Wildman–Crippen MR) is 275 cm³/mol. The van der Waals surface area contributed by atoms with Crippen LogP contribution in [0.25, 0.3) is 0 Å². The number of aliphatic hydroxyl groups is 7. The molecule has 0 aromatic heterocycles. The number of carbonyl (C=O) groups excluding carboxylic acids is 2. The van der Waals surface area contributed by atoms with E-state index in [9.17, 15) is 45.3 Å². The number of rotatable bonds is 46. The Balaban J connectivity index is 1.71. The maximum absolute atomic E-state index is 13.0. The second-order valence-corrected chi connectivity index (χ2v) is 20.5. The molecule has 2 fully saturated rings. The monoisotopic (exact) mass is 1020 g/mol. The summed E-state index contributed by atoms with van der Waals surface area (Å²) < 4.78 is 33.6. The second kappa shape index (κ2) is 43.5. The van der Waals surface area contributed by atoms with Gasteiger partial charge in [-0.1, -0.05) is 199 Å². The summed E-state index contributed by atoms with van der Waals surface area (Å²) in [6.07, 6.45) is 28.2. The first-order valence-corrected chi connectivity index (χ1v) is 28.8. The third-order valence-corrected chi connectivity index (χ3v) is 14.0. The number of allylic oxidation sites excluding steroid dienone is 2. The fourth-order valence-electron chi connectivity index (χ4n) is 9.27. The van der Waals surface area contributed by atoms with E-state index in [1.165, 1.54) is 141 Å². The summed E-state index contributed by atoms with van der Waals surface area (Å²) in [5, 5.41) is 72.2. The molecule has 0 aromatic rings. The summed E-state index contributed by atoms with van der Waals surface area (Å²) in [6.45, 7) is 2.60. The van der Waals surface area contributed by atoms with Crippen molar-refractivity contribution in [2.45, 2.75) is 306 Å². The first-order chi connectivity index (χ1) is 34.5. The van der Waals surface area contributed by atoms with Crippen LogP contribution >= 0.6 is 0 Å². The van der Waals surface area contributed by atoms with E-state index in [0.717, 1.165) is 57.8 Å². The van der Waals surface area contributed by atoms with Gasteiger partial charge in [-0.25, -0.2) is 0 Å². The summed E-state index contributed by atoms with van der Waals surface area (Å²) in [6, 6.07) is 0. The van der Waals surface area contributed by atoms with Crippen molar-refractivity contribution < 1.29 is 73.8 Å². The molecule has 0 aliphatic carbocycles. The molecule has 0 aromatic carbocycles. The number of aliphatic hydroxyl groups excluding tert-OH is 7. The van der Waals surface area contributed by atoms with Crippen LogP contribution in [-0.2, 0) is 38.0 Å². The summed E-state index contributed by atoms with van der Waals surface area (Å²) in [7, 11) is 0. The van der Waals surface area contributed by atoms with Gasteiger partial charge in [0.15, 0.2) is 18.7 Å². The van der Waals surface area contributed by atoms with Gasteiger partial charge in [-0.2, -0.15) is 0 Å². The smallest absolute Gasteiger partial charge is 0.306 e. The minimum Gasteiger partial charge on any atom is -0.462 e. The number of unbranched alkanes of at least 4 members (excludes halogenated alkanes) is 30. The molecule has 2 heterocycles. The first-order valence-electron chi connectivity index (χ1n) is 28.8. The zero-order valence-corrected chi connectivity index (χ0v) is 44.5. The molecule has 0 radical (unpaired) electrons. The molecule has 15 nitrogen and oxygen atoms in total. The molecule has 71 heavy (non-hydrogen) atoms. The highest BCUT2D eigenvalue weighted by molar-refractivity contribution is 5.70. The van der Waals surface area contributed by atoms with Gasteiger partial charge in [0.1, 0.15) is 55.4 Å². The average molecular weight is 1020 g/mol. The molecule has 2 rings (SSSR count). The number of hydrogen-bond donors (Lipinski definition) is 7. The molecule has 2 aliphatic heterocycles. The maximum Gasteiger partial charge on any atom is 0.306 e. The van der Waals surface area contributed by atoms with Gasteiger partial charge in [-0.3, -0.25) is 9.59 Å². The van der Waals surface area contributed by atoms with Crippen LogP contribution in [0.4, 0.5) is 0 Å². The third-order valence-electron chi connectivity index (χ3n) is 14.0. The topological polar surface area (TPSA) is 231 Å². The Labute approximate surface area is 429 Å². The van der Waals surface area contributed by atoms with Crippen molar-refractivity contribution in [3.63, 3.8) is 0 Å². The van der Waals surface area contributed by atoms with E-state index < -0.39 is 92.7 Å². The minimum atomic E-state index is -1.76. The molecule has 0 spiro atoms. The van der Waals surface area contributed by atoms with Crippen LogP contribution < -0.4 is 0 Å². The Bertz CT molecular complexity index is 1290. The van der Waals surface area contributed by atoms with E-state index in [1.54, 1.807) is 0 Å². The standard InChI is InChI=1S/C56H104O15/c1-3-5-7-9-11-13-15-17-18-19-20-21-22-23-24-25-26-27-29-30-32-34-36-38-47(58)66-41-44(69-48(59)39-37-35-33-31-28-16-14-12-10-8-6-4-2)42-67-55-54(65)52(63)50(61)46(71-55)43-68-56-53(64)51(62)49(60)45(40-57)70-56/h12,14,44-46,49-57,60-65H,3-11,13,15-43H2,1-2H3/b14-12+/t44-,45+,46+,49-,50-,51?,52?,53?,54?,55+,56+/m0/s1. The first kappa shape index (κ1) is 65.4. The molecular formula is C56H104O15. The lowest BCUT2D eigenvalue weighted by atomic mass is 9.98. The van der Waals surface area contributed by atoms with Crippen molar-refractivity contribution in [3.8, 4) is 0 Å². The molecular weight excluding hydrogens is 913 g/mol. The van der Waals surface area contributed by atoms with Crippen LogP contribution in [0.2, 0.25) is 0 Å². The molecule has 2 saturated heterocycles. The van der Waals surface area contributed by atoms with Crippen molar-refractivity contribution in [2.75, 3.05) is 26.4 Å². The molecule has 418 valence electrons. The van der Waals surface area contributed by atoms with Gasteiger partial charge >= 0.3 is 11.9 Å². The summed E-state index contributed by atoms with van der Waals surface area (Å²) in [5.41, 5.74) is 0. The predicted octanol–water partition coefficient (Wildman–Crippen LogP) is 9.33. The SMILES string of the molecule is CCCCC/C=C/CCCCCCCC(=O)O[C@@H](COC(=O)CCCCCCCCCCCCCCCCCCCCCCCCC)CO[C@@H]1O[C@H](CO[C@@H]2O[C@H](CO)[C@H](O)C(O)C2O)[C@H](O)C(O)C1O. The van der Waals surface area contributed by atoms with Crippen LogP contribution in [0.3, 0.4) is 0 Å². The van der Waals surface area contributed by atoms with E-state index in [1.807, 2.05) is 0 Å². The van der Waals surface area contributed by atoms with Crippen molar-refractivity contribution >= 4 is 11.9 Å². The van der Waals surface area contributed by atoms with Crippen molar-refractivity contribution in [1.29, 1.82) is 0 Å². The summed E-state index contributed by atoms with van der Waals surface area (Å²) >= 11 is 0. The van der Waals surface area contributed by atoms with E-state index in [2.05, 4.69) is 26.0 Å². The largest absolute Gasteiger partial charge is 0.462 e. The lowest BCUT2D eigenvalue weighted by Gasteiger charge is -2.42. The second-order valence-electron chi connectivity index (χ2n) is 20.5. The molecule has 15 heteroatoms. The Kier molecular flexibility index (Phi) is 40.0. The van der Waals surface area contributed by atoms with Gasteiger partial charge in [0.2, 0.25) is 0 Å². The zero-order chi connectivity index (χ0) is 51.7. The van der Waals surface area contributed by atoms with Gasteiger partial charge in [0.25, 0.3) is 0 Å². The Morgan fingerprint density at radius 2 is 0.803 bits per heavy atom. The maximum atomic E-state index is 13.0. The molecule has 0 bridgehead atoms. The van der Waals surface area contributed by atoms with Crippen LogP contribution in [0, 0.1) is 0 Å². The van der Waals surface area contributed by atoms with Gasteiger partial charge in [0, 0.05) is 12.8 Å². The van der Waals surface area contributed by atoms with E-state index in [-0.39, 0.29) is 26.1 Å². The number of esters is 2. The Morgan fingerprint density at radius 3 is 1.27 bits per heavy atom. The van der Waals surface area contributed by atoms with Gasteiger partial charge in [-0.15, -0.1) is 0 Å². The average Bonchev–Trinajstić information content (AvgIpc) is 3.36. The number of hydrogen-bond acceptors (Lipinski definition) is 15. The Hall–Kier alpha value is -1.76. The van der Waals surface area contributed by atoms with Crippen molar-refractivity contribution in [1.82, 2.24) is 0 Å². The molecule has 11 atom stereocenters. The van der Waals surface area contributed by atoms with E-state index in [0.29, 0.717) is 12.8 Å². The van der Waals surface area contributed by atoms with Crippen LogP contribution in [-0.4, -0.2) is 142 Å². The van der Waals surface area contributed by atoms with Crippen LogP contribution in [0.1, 0.15) is 239 Å². The third kappa shape index (κ3) is 31.0. The molecule has 7 N–H and O–H groups in total. The quantitative estimate of drug-likeness (QED) is 0.0171. The highest BCUT2D eigenvalue weighted by atomic mass is 16.7. The number of carbonyl (C=O) groups is 2. The molecule has 0 amide bonds. The van der Waals surface area contributed by atoms with Crippen LogP contribution in [0.15, 0.2) is 12.2 Å². The summed E-state index contributed by atoms with van der Waals surface area (Å²) in [4.78, 5) is 25.8. The molecule has 2 aliphatic rings. The zero-order valence-electron chi connectivity index (χ0n) is 44.5. The summed E-state index contributed by atoms with van der Waals surface area (Å²) in [5.74, 6) is -0.922. The van der Waals surface area contributed by atoms with Gasteiger partial charge in [-0.05, 0) is 38.5 Å². The van der Waals surface area contributed by atoms with E-state index in [4.69, 9.17) is 28.4 Å². The Morgan fingerprint density at radius 1 is 0.437 bits per heavy atom. The van der Waals surface area contributed by atoms with Gasteiger partial charge in [0.05, 0.1) is 19.8 Å². The van der Waals surface area contributed by atoms with Gasteiger partial charge < -0.3 is 64.2 Å². The highest BCUT2D eigenvalue weighted by Crippen LogP contribution is 2.27. The minimum absolute atomic E-state index is 0.159. The van der Waals surface area contributed by atoms with Crippen molar-refractivity contribution in [3.05, 3.63) is 12.2 Å². The highest BCUT2D eigenvalue weighted by Gasteiger charge is 2.47. The fourth-order valence-corrected chi connectivity index (χ4v) is 9.27. The fraction of sp³-hybridized carbons (Fsp3) is 0.929. The van der Waals surface area contributed by atoms with Crippen molar-refractivity contribution in [2.24, 2.45) is 0 Å². The molecule has 0 saturated carbocycles. The molecule has 4 unspecified atom stereocenters. The lowest BCUT2D eigenvalue weighted by Crippen LogP contribution is -2.61. The van der Waals surface area contributed by atoms with Crippen LogP contribution in [0.5, 0.6) is 0 Å².